The van der Waals surface area contributed by atoms with Crippen LogP contribution in [0.25, 0.3) is 20.3 Å². The molecule has 0 radical (unpaired) electrons. The first kappa shape index (κ1) is 17.3. The first-order valence-corrected chi connectivity index (χ1v) is 9.10. The van der Waals surface area contributed by atoms with E-state index in [4.69, 9.17) is 9.26 Å². The number of thiophene rings is 1. The lowest BCUT2D eigenvalue weighted by atomic mass is 10.2. The number of amides is 1. The molecule has 0 spiro atoms. The summed E-state index contributed by atoms with van der Waals surface area (Å²) in [7, 11) is 0. The largest absolute Gasteiger partial charge is 0.466 e. The Balaban J connectivity index is 1.65. The van der Waals surface area contributed by atoms with Gasteiger partial charge >= 0.3 is 0 Å². The number of aromatic nitrogens is 3. The van der Waals surface area contributed by atoms with Crippen molar-refractivity contribution in [2.45, 2.75) is 20.3 Å². The molecular weight excluding hydrogens is 371 g/mol. The van der Waals surface area contributed by atoms with E-state index in [1.165, 1.54) is 17.4 Å². The molecule has 0 atom stereocenters. The van der Waals surface area contributed by atoms with E-state index in [2.05, 4.69) is 20.4 Å². The van der Waals surface area contributed by atoms with Crippen LogP contribution in [0.2, 0.25) is 0 Å². The SMILES string of the molecule is CCc1nc(OCC(=O)Nc2cc(C)on2)c2sc3cccc(F)c3c2n1. The number of aryl methyl sites for hydroxylation is 2. The van der Waals surface area contributed by atoms with Crippen LogP contribution in [0.5, 0.6) is 5.88 Å². The third kappa shape index (κ3) is 3.33. The van der Waals surface area contributed by atoms with Gasteiger partial charge in [0, 0.05) is 17.2 Å². The Kier molecular flexibility index (Phi) is 4.44. The fraction of sp³-hybridized carbons (Fsp3) is 0.222. The van der Waals surface area contributed by atoms with Gasteiger partial charge in [-0.3, -0.25) is 4.79 Å². The highest BCUT2D eigenvalue weighted by atomic mass is 32.1. The lowest BCUT2D eigenvalue weighted by Crippen LogP contribution is -2.20. The zero-order valence-electron chi connectivity index (χ0n) is 14.6. The summed E-state index contributed by atoms with van der Waals surface area (Å²) in [6.45, 7) is 3.36. The quantitative estimate of drug-likeness (QED) is 0.560. The van der Waals surface area contributed by atoms with Crippen LogP contribution >= 0.6 is 11.3 Å². The highest BCUT2D eigenvalue weighted by molar-refractivity contribution is 7.26. The molecule has 7 nitrogen and oxygen atoms in total. The van der Waals surface area contributed by atoms with E-state index in [-0.39, 0.29) is 18.3 Å². The zero-order chi connectivity index (χ0) is 19.0. The maximum absolute atomic E-state index is 14.3. The van der Waals surface area contributed by atoms with Gasteiger partial charge in [0.25, 0.3) is 5.91 Å². The number of nitrogens with zero attached hydrogens (tertiary/aromatic N) is 3. The van der Waals surface area contributed by atoms with Crippen molar-refractivity contribution < 1.29 is 18.4 Å². The van der Waals surface area contributed by atoms with Gasteiger partial charge in [-0.15, -0.1) is 11.3 Å². The van der Waals surface area contributed by atoms with Crippen LogP contribution in [0, 0.1) is 12.7 Å². The molecule has 0 aliphatic rings. The molecule has 0 aliphatic heterocycles. The number of hydrogen-bond donors (Lipinski definition) is 1. The van der Waals surface area contributed by atoms with Crippen molar-refractivity contribution in [3.8, 4) is 5.88 Å². The van der Waals surface area contributed by atoms with E-state index in [9.17, 15) is 9.18 Å². The summed E-state index contributed by atoms with van der Waals surface area (Å²) in [5.74, 6) is 0.942. The van der Waals surface area contributed by atoms with Gasteiger partial charge in [-0.2, -0.15) is 4.98 Å². The van der Waals surface area contributed by atoms with Crippen molar-refractivity contribution >= 4 is 43.4 Å². The number of halogens is 1. The summed E-state index contributed by atoms with van der Waals surface area (Å²) < 4.78 is 26.2. The Hall–Kier alpha value is -3.07. The Labute approximate surface area is 157 Å². The Bertz CT molecular complexity index is 1150. The molecule has 9 heteroatoms. The van der Waals surface area contributed by atoms with Gasteiger partial charge in [-0.1, -0.05) is 18.1 Å². The molecule has 0 bridgehead atoms. The average Bonchev–Trinajstić information content (AvgIpc) is 3.23. The molecule has 1 N–H and O–H groups in total. The first-order valence-electron chi connectivity index (χ1n) is 8.28. The number of ether oxygens (including phenoxy) is 1. The van der Waals surface area contributed by atoms with Crippen LogP contribution in [0.15, 0.2) is 28.8 Å². The second kappa shape index (κ2) is 6.92. The number of anilines is 1. The Morgan fingerprint density at radius 3 is 2.96 bits per heavy atom. The van der Waals surface area contributed by atoms with Gasteiger partial charge in [-0.05, 0) is 19.1 Å². The van der Waals surface area contributed by atoms with Crippen LogP contribution < -0.4 is 10.1 Å². The van der Waals surface area contributed by atoms with Crippen molar-refractivity contribution in [2.75, 3.05) is 11.9 Å². The summed E-state index contributed by atoms with van der Waals surface area (Å²) in [6.07, 6.45) is 0.558. The maximum Gasteiger partial charge on any atom is 0.263 e. The second-order valence-electron chi connectivity index (χ2n) is 5.85. The van der Waals surface area contributed by atoms with Gasteiger partial charge in [0.15, 0.2) is 12.4 Å². The maximum atomic E-state index is 14.3. The summed E-state index contributed by atoms with van der Waals surface area (Å²) in [5.41, 5.74) is 0.502. The average molecular weight is 386 g/mol. The summed E-state index contributed by atoms with van der Waals surface area (Å²) in [4.78, 5) is 20.9. The Morgan fingerprint density at radius 1 is 1.37 bits per heavy atom. The van der Waals surface area contributed by atoms with Crippen LogP contribution in [0.4, 0.5) is 10.2 Å². The van der Waals surface area contributed by atoms with Gasteiger partial charge in [0.2, 0.25) is 5.88 Å². The summed E-state index contributed by atoms with van der Waals surface area (Å²) in [6, 6.07) is 6.47. The van der Waals surface area contributed by atoms with Crippen molar-refractivity contribution in [2.24, 2.45) is 0 Å². The summed E-state index contributed by atoms with van der Waals surface area (Å²) >= 11 is 1.33. The molecular formula is C18H15FN4O3S. The predicted octanol–water partition coefficient (Wildman–Crippen LogP) is 3.86. The molecule has 138 valence electrons. The van der Waals surface area contributed by atoms with E-state index >= 15 is 0 Å². The highest BCUT2D eigenvalue weighted by Crippen LogP contribution is 2.38. The van der Waals surface area contributed by atoms with Crippen LogP contribution in [0.1, 0.15) is 18.5 Å². The van der Waals surface area contributed by atoms with Gasteiger partial charge in [-0.25, -0.2) is 9.37 Å². The molecule has 1 aromatic carbocycles. The number of carbonyl (C=O) groups is 1. The van der Waals surface area contributed by atoms with E-state index in [0.29, 0.717) is 39.4 Å². The van der Waals surface area contributed by atoms with Gasteiger partial charge in [0.05, 0.1) is 10.9 Å². The minimum absolute atomic E-state index is 0.266. The van der Waals surface area contributed by atoms with Crippen molar-refractivity contribution in [3.63, 3.8) is 0 Å². The molecule has 4 aromatic rings. The van der Waals surface area contributed by atoms with Crippen molar-refractivity contribution in [1.29, 1.82) is 0 Å². The minimum atomic E-state index is -0.402. The highest BCUT2D eigenvalue weighted by Gasteiger charge is 2.18. The van der Waals surface area contributed by atoms with Crippen LogP contribution in [0.3, 0.4) is 0 Å². The second-order valence-corrected chi connectivity index (χ2v) is 6.90. The van der Waals surface area contributed by atoms with E-state index in [1.54, 1.807) is 19.1 Å². The fourth-order valence-electron chi connectivity index (χ4n) is 2.66. The van der Waals surface area contributed by atoms with E-state index < -0.39 is 5.91 Å². The molecule has 0 saturated heterocycles. The number of fused-ring (bicyclic) bond motifs is 3. The van der Waals surface area contributed by atoms with Gasteiger partial charge < -0.3 is 14.6 Å². The predicted molar refractivity (Wildman–Crippen MR) is 99.6 cm³/mol. The molecule has 0 fully saturated rings. The van der Waals surface area contributed by atoms with Crippen molar-refractivity contribution in [1.82, 2.24) is 15.1 Å². The molecule has 0 unspecified atom stereocenters. The first-order chi connectivity index (χ1) is 13.0. The number of carbonyl (C=O) groups excluding carboxylic acids is 1. The van der Waals surface area contributed by atoms with Crippen LogP contribution in [-0.4, -0.2) is 27.6 Å². The Morgan fingerprint density at radius 2 is 2.22 bits per heavy atom. The molecule has 4 rings (SSSR count). The number of nitrogens with one attached hydrogen (secondary N) is 1. The molecule has 0 aliphatic carbocycles. The van der Waals surface area contributed by atoms with Crippen molar-refractivity contribution in [3.05, 3.63) is 41.7 Å². The number of rotatable bonds is 5. The van der Waals surface area contributed by atoms with E-state index in [1.807, 2.05) is 13.0 Å². The lowest BCUT2D eigenvalue weighted by Gasteiger charge is -2.07. The minimum Gasteiger partial charge on any atom is -0.466 e. The normalized spacial score (nSPS) is 11.2. The fourth-order valence-corrected chi connectivity index (χ4v) is 3.76. The smallest absolute Gasteiger partial charge is 0.263 e. The topological polar surface area (TPSA) is 90.1 Å². The van der Waals surface area contributed by atoms with Crippen LogP contribution in [-0.2, 0) is 11.2 Å². The number of benzene rings is 1. The third-order valence-electron chi connectivity index (χ3n) is 3.86. The van der Waals surface area contributed by atoms with Gasteiger partial charge in [0.1, 0.15) is 22.1 Å². The molecule has 27 heavy (non-hydrogen) atoms. The lowest BCUT2D eigenvalue weighted by molar-refractivity contribution is -0.118. The molecule has 1 amide bonds. The number of hydrogen-bond acceptors (Lipinski definition) is 7. The molecule has 0 saturated carbocycles. The third-order valence-corrected chi connectivity index (χ3v) is 4.99. The zero-order valence-corrected chi connectivity index (χ0v) is 15.4. The monoisotopic (exact) mass is 386 g/mol. The standard InChI is InChI=1S/C18H15FN4O3S/c1-3-12-21-16-15-10(19)5-4-6-11(15)27-17(16)18(22-12)25-8-14(24)20-13-7-9(2)26-23-13/h4-7H,3,8H2,1-2H3,(H,20,23,24). The molecule has 3 heterocycles. The molecule has 3 aromatic heterocycles. The summed E-state index contributed by atoms with van der Waals surface area (Å²) in [5, 5.41) is 6.72. The van der Waals surface area contributed by atoms with E-state index in [0.717, 1.165) is 4.70 Å².